The van der Waals surface area contributed by atoms with E-state index < -0.39 is 24.6 Å². The molecule has 0 aliphatic rings. The Kier molecular flexibility index (Phi) is 10.3. The van der Waals surface area contributed by atoms with Gasteiger partial charge >= 0.3 is 5.97 Å². The van der Waals surface area contributed by atoms with E-state index in [2.05, 4.69) is 0 Å². The molecule has 0 aliphatic heterocycles. The number of methoxy groups -OCH3 is 1. The van der Waals surface area contributed by atoms with Gasteiger partial charge in [-0.05, 0) is 29.2 Å². The van der Waals surface area contributed by atoms with E-state index >= 15 is 0 Å². The third kappa shape index (κ3) is 7.17. The van der Waals surface area contributed by atoms with Crippen molar-refractivity contribution in [2.75, 3.05) is 13.7 Å². The minimum absolute atomic E-state index is 0.0187. The Morgan fingerprint density at radius 1 is 1.15 bits per heavy atom. The summed E-state index contributed by atoms with van der Waals surface area (Å²) in [5, 5.41) is 39.0. The second-order valence-electron chi connectivity index (χ2n) is 8.74. The number of carboxylic acid groups (broad SMARTS) is 1. The molecule has 4 N–H and O–H groups in total. The van der Waals surface area contributed by atoms with Gasteiger partial charge in [0.05, 0.1) is 43.2 Å². The lowest BCUT2D eigenvalue weighted by Crippen LogP contribution is -2.19. The topological polar surface area (TPSA) is 120 Å². The molecule has 186 valence electrons. The highest BCUT2D eigenvalue weighted by Gasteiger charge is 2.24. The monoisotopic (exact) mass is 475 g/mol. The van der Waals surface area contributed by atoms with Crippen LogP contribution >= 0.6 is 0 Å². The summed E-state index contributed by atoms with van der Waals surface area (Å²) in [5.41, 5.74) is 4.34. The molecule has 7 nitrogen and oxygen atoms in total. The number of carboxylic acids is 1. The van der Waals surface area contributed by atoms with Gasteiger partial charge in [0.2, 0.25) is 0 Å². The lowest BCUT2D eigenvalue weighted by molar-refractivity contribution is -0.139. The van der Waals surface area contributed by atoms with Gasteiger partial charge in [-0.15, -0.1) is 0 Å². The van der Waals surface area contributed by atoms with E-state index in [9.17, 15) is 24.5 Å². The largest absolute Gasteiger partial charge is 0.481 e. The molecule has 3 atom stereocenters. The van der Waals surface area contributed by atoms with Crippen LogP contribution in [0.2, 0.25) is 0 Å². The SMILES string of the molecule is COCc1c([C@H](C)CO)nc(C(C)C)c(/C=C/[C@@H](O)C[C@@H](O)CC(=O)O)c1-c1ccc(F)cc1. The summed E-state index contributed by atoms with van der Waals surface area (Å²) in [5.74, 6) is -1.81. The van der Waals surface area contributed by atoms with Crippen molar-refractivity contribution in [1.82, 2.24) is 4.98 Å². The number of hydrogen-bond acceptors (Lipinski definition) is 6. The number of benzene rings is 1. The van der Waals surface area contributed by atoms with E-state index in [4.69, 9.17) is 14.8 Å². The number of aliphatic carboxylic acids is 1. The molecule has 34 heavy (non-hydrogen) atoms. The average molecular weight is 476 g/mol. The maximum Gasteiger partial charge on any atom is 0.305 e. The molecular formula is C26H34FNO6. The van der Waals surface area contributed by atoms with Crippen molar-refractivity contribution in [1.29, 1.82) is 0 Å². The van der Waals surface area contributed by atoms with Crippen molar-refractivity contribution in [2.24, 2.45) is 0 Å². The molecule has 8 heteroatoms. The molecule has 1 aromatic heterocycles. The molecule has 0 saturated heterocycles. The zero-order valence-corrected chi connectivity index (χ0v) is 20.0. The van der Waals surface area contributed by atoms with Crippen molar-refractivity contribution in [3.63, 3.8) is 0 Å². The Hall–Kier alpha value is -2.65. The number of ether oxygens (including phenoxy) is 1. The minimum Gasteiger partial charge on any atom is -0.481 e. The lowest BCUT2D eigenvalue weighted by atomic mass is 9.86. The fourth-order valence-corrected chi connectivity index (χ4v) is 3.87. The van der Waals surface area contributed by atoms with Gasteiger partial charge in [-0.25, -0.2) is 4.39 Å². The third-order valence-electron chi connectivity index (χ3n) is 5.52. The Balaban J connectivity index is 2.72. The van der Waals surface area contributed by atoms with Gasteiger partial charge in [0.25, 0.3) is 0 Å². The van der Waals surface area contributed by atoms with Gasteiger partial charge in [0.1, 0.15) is 5.82 Å². The van der Waals surface area contributed by atoms with E-state index in [1.165, 1.54) is 18.2 Å². The van der Waals surface area contributed by atoms with Crippen LogP contribution in [0.4, 0.5) is 4.39 Å². The Labute approximate surface area is 199 Å². The third-order valence-corrected chi connectivity index (χ3v) is 5.52. The Bertz CT molecular complexity index is 990. The zero-order chi connectivity index (χ0) is 25.4. The summed E-state index contributed by atoms with van der Waals surface area (Å²) >= 11 is 0. The van der Waals surface area contributed by atoms with Gasteiger partial charge in [-0.3, -0.25) is 9.78 Å². The summed E-state index contributed by atoms with van der Waals surface area (Å²) in [7, 11) is 1.56. The number of nitrogens with zero attached hydrogens (tertiary/aromatic N) is 1. The lowest BCUT2D eigenvalue weighted by Gasteiger charge is -2.24. The van der Waals surface area contributed by atoms with E-state index in [0.29, 0.717) is 11.3 Å². The molecule has 0 aliphatic carbocycles. The summed E-state index contributed by atoms with van der Waals surface area (Å²) < 4.78 is 19.2. The van der Waals surface area contributed by atoms with Crippen molar-refractivity contribution in [3.8, 4) is 11.1 Å². The van der Waals surface area contributed by atoms with Gasteiger partial charge in [-0.2, -0.15) is 0 Å². The smallest absolute Gasteiger partial charge is 0.305 e. The van der Waals surface area contributed by atoms with Gasteiger partial charge in [-0.1, -0.05) is 45.1 Å². The van der Waals surface area contributed by atoms with E-state index in [-0.39, 0.29) is 37.3 Å². The molecule has 0 unspecified atom stereocenters. The summed E-state index contributed by atoms with van der Waals surface area (Å²) in [4.78, 5) is 15.7. The Morgan fingerprint density at radius 2 is 1.79 bits per heavy atom. The average Bonchev–Trinajstić information content (AvgIpc) is 2.77. The first kappa shape index (κ1) is 27.6. The van der Waals surface area contributed by atoms with Gasteiger partial charge < -0.3 is 25.2 Å². The quantitative estimate of drug-likeness (QED) is 0.368. The summed E-state index contributed by atoms with van der Waals surface area (Å²) in [6.07, 6.45) is 0.323. The highest BCUT2D eigenvalue weighted by atomic mass is 19.1. The molecule has 0 bridgehead atoms. The van der Waals surface area contributed by atoms with Crippen molar-refractivity contribution in [2.45, 2.75) is 64.3 Å². The van der Waals surface area contributed by atoms with Gasteiger partial charge in [0.15, 0.2) is 0 Å². The summed E-state index contributed by atoms with van der Waals surface area (Å²) in [6.45, 7) is 5.91. The second kappa shape index (κ2) is 12.7. The first-order valence-electron chi connectivity index (χ1n) is 11.3. The maximum atomic E-state index is 13.7. The van der Waals surface area contributed by atoms with E-state index in [0.717, 1.165) is 22.4 Å². The molecule has 0 radical (unpaired) electrons. The number of rotatable bonds is 12. The highest BCUT2D eigenvalue weighted by Crippen LogP contribution is 2.38. The van der Waals surface area contributed by atoms with Crippen LogP contribution in [0.1, 0.15) is 68.0 Å². The van der Waals surface area contributed by atoms with Crippen LogP contribution in [-0.2, 0) is 16.1 Å². The van der Waals surface area contributed by atoms with Crippen LogP contribution < -0.4 is 0 Å². The summed E-state index contributed by atoms with van der Waals surface area (Å²) in [6, 6.07) is 6.04. The van der Waals surface area contributed by atoms with Crippen LogP contribution in [0.3, 0.4) is 0 Å². The Morgan fingerprint density at radius 3 is 2.32 bits per heavy atom. The molecule has 0 fully saturated rings. The van der Waals surface area contributed by atoms with Crippen LogP contribution in [-0.4, -0.2) is 57.3 Å². The minimum atomic E-state index is -1.19. The molecule has 0 saturated carbocycles. The van der Waals surface area contributed by atoms with Crippen molar-refractivity contribution >= 4 is 12.0 Å². The van der Waals surface area contributed by atoms with Crippen molar-refractivity contribution < 1.29 is 34.3 Å². The number of pyridine rings is 1. The number of aromatic nitrogens is 1. The first-order valence-corrected chi connectivity index (χ1v) is 11.3. The van der Waals surface area contributed by atoms with Crippen molar-refractivity contribution in [3.05, 3.63) is 58.7 Å². The number of aliphatic hydroxyl groups is 3. The fraction of sp³-hybridized carbons (Fsp3) is 0.462. The van der Waals surface area contributed by atoms with Crippen LogP contribution in [0, 0.1) is 5.82 Å². The maximum absolute atomic E-state index is 13.7. The number of carbonyl (C=O) groups is 1. The normalized spacial score (nSPS) is 14.5. The number of halogens is 1. The first-order chi connectivity index (χ1) is 16.1. The molecule has 1 aromatic carbocycles. The fourth-order valence-electron chi connectivity index (χ4n) is 3.87. The number of hydrogen-bond donors (Lipinski definition) is 4. The molecule has 2 rings (SSSR count). The highest BCUT2D eigenvalue weighted by molar-refractivity contribution is 5.80. The zero-order valence-electron chi connectivity index (χ0n) is 20.0. The van der Waals surface area contributed by atoms with E-state index in [1.54, 1.807) is 25.3 Å². The molecule has 2 aromatic rings. The second-order valence-corrected chi connectivity index (χ2v) is 8.74. The molecule has 0 amide bonds. The molecule has 1 heterocycles. The van der Waals surface area contributed by atoms with Crippen LogP contribution in [0.25, 0.3) is 17.2 Å². The molecule has 0 spiro atoms. The standard InChI is InChI=1S/C26H34FNO6/c1-15(2)25-21(10-9-19(30)11-20(31)12-23(32)33)24(17-5-7-18(27)8-6-17)22(14-34-4)26(28-25)16(3)13-29/h5-10,15-16,19-20,29-31H,11-14H2,1-4H3,(H,32,33)/b10-9+/t16-,19-,20-/m1/s1. The van der Waals surface area contributed by atoms with E-state index in [1.807, 2.05) is 20.8 Å². The number of aliphatic hydroxyl groups excluding tert-OH is 3. The van der Waals surface area contributed by atoms with Gasteiger partial charge in [0, 0.05) is 30.6 Å². The predicted octanol–water partition coefficient (Wildman–Crippen LogP) is 3.85. The predicted molar refractivity (Wildman–Crippen MR) is 128 cm³/mol. The van der Waals surface area contributed by atoms with Crippen LogP contribution in [0.5, 0.6) is 0 Å². The van der Waals surface area contributed by atoms with Crippen LogP contribution in [0.15, 0.2) is 30.3 Å². The molecular weight excluding hydrogens is 441 g/mol.